The molecule has 8 heteroatoms. The first kappa shape index (κ1) is 21.0. The molecule has 1 atom stereocenters. The number of aromatic nitrogens is 3. The van der Waals surface area contributed by atoms with Crippen LogP contribution in [0.2, 0.25) is 0 Å². The van der Waals surface area contributed by atoms with E-state index in [4.69, 9.17) is 4.74 Å². The number of rotatable bonds is 5. The van der Waals surface area contributed by atoms with Gasteiger partial charge in [-0.05, 0) is 44.5 Å². The normalized spacial score (nSPS) is 17.4. The predicted molar refractivity (Wildman–Crippen MR) is 116 cm³/mol. The molecular weight excluding hydrogens is 394 g/mol. The van der Waals surface area contributed by atoms with Crippen molar-refractivity contribution in [1.29, 1.82) is 0 Å². The topological polar surface area (TPSA) is 88.8 Å². The third kappa shape index (κ3) is 4.91. The highest BCUT2D eigenvalue weighted by molar-refractivity contribution is 5.98. The van der Waals surface area contributed by atoms with Crippen molar-refractivity contribution in [2.24, 2.45) is 5.92 Å². The van der Waals surface area contributed by atoms with Crippen LogP contribution in [-0.2, 0) is 16.0 Å². The largest absolute Gasteiger partial charge is 0.379 e. The summed E-state index contributed by atoms with van der Waals surface area (Å²) in [5.41, 5.74) is 1.22. The van der Waals surface area contributed by atoms with E-state index in [1.165, 1.54) is 0 Å². The first-order valence-corrected chi connectivity index (χ1v) is 10.5. The molecule has 0 spiro atoms. The van der Waals surface area contributed by atoms with E-state index in [1.54, 1.807) is 53.7 Å². The van der Waals surface area contributed by atoms with E-state index in [9.17, 15) is 9.59 Å². The molecule has 1 N–H and O–H groups in total. The fraction of sp³-hybridized carbons (Fsp3) is 0.391. The number of imidazole rings is 1. The summed E-state index contributed by atoms with van der Waals surface area (Å²) in [6, 6.07) is 12.8. The number of benzene rings is 1. The highest BCUT2D eigenvalue weighted by Gasteiger charge is 2.35. The molecule has 3 heterocycles. The van der Waals surface area contributed by atoms with E-state index in [0.717, 1.165) is 11.3 Å². The lowest BCUT2D eigenvalue weighted by atomic mass is 9.99. The van der Waals surface area contributed by atoms with E-state index >= 15 is 0 Å². The molecule has 1 aliphatic rings. The number of fused-ring (bicyclic) bond motifs is 1. The predicted octanol–water partition coefficient (Wildman–Crippen LogP) is 1.96. The highest BCUT2D eigenvalue weighted by Crippen LogP contribution is 2.17. The van der Waals surface area contributed by atoms with Crippen LogP contribution in [0.5, 0.6) is 0 Å². The van der Waals surface area contributed by atoms with Crippen molar-refractivity contribution in [3.63, 3.8) is 0 Å². The smallest absolute Gasteiger partial charge is 0.252 e. The Labute approximate surface area is 181 Å². The van der Waals surface area contributed by atoms with Crippen molar-refractivity contribution >= 4 is 17.5 Å². The van der Waals surface area contributed by atoms with Gasteiger partial charge in [-0.25, -0.2) is 9.50 Å². The lowest BCUT2D eigenvalue weighted by Gasteiger charge is -2.33. The molecule has 0 radical (unpaired) electrons. The number of nitrogens with one attached hydrogen (secondary N) is 1. The van der Waals surface area contributed by atoms with Gasteiger partial charge in [0, 0.05) is 37.0 Å². The highest BCUT2D eigenvalue weighted by atomic mass is 16.5. The van der Waals surface area contributed by atoms with Gasteiger partial charge in [0.2, 0.25) is 5.91 Å². The zero-order valence-corrected chi connectivity index (χ0v) is 17.8. The maximum Gasteiger partial charge on any atom is 0.252 e. The Balaban J connectivity index is 1.43. The van der Waals surface area contributed by atoms with Crippen LogP contribution < -0.4 is 5.32 Å². The first-order chi connectivity index (χ1) is 14.9. The molecule has 0 aliphatic carbocycles. The van der Waals surface area contributed by atoms with Crippen molar-refractivity contribution < 1.29 is 14.3 Å². The van der Waals surface area contributed by atoms with E-state index < -0.39 is 5.54 Å². The van der Waals surface area contributed by atoms with E-state index in [2.05, 4.69) is 15.4 Å². The second kappa shape index (κ2) is 8.85. The first-order valence-electron chi connectivity index (χ1n) is 10.5. The Hall–Kier alpha value is -3.26. The number of ether oxygens (including phenoxy) is 1. The second-order valence-corrected chi connectivity index (χ2v) is 8.40. The fourth-order valence-electron chi connectivity index (χ4n) is 3.84. The zero-order valence-electron chi connectivity index (χ0n) is 17.8. The molecule has 2 aromatic heterocycles. The van der Waals surface area contributed by atoms with Gasteiger partial charge in [-0.3, -0.25) is 9.59 Å². The Morgan fingerprint density at radius 2 is 2.00 bits per heavy atom. The number of carbonyl (C=O) groups is 2. The average Bonchev–Trinajstić information content (AvgIpc) is 3.11. The Kier molecular flexibility index (Phi) is 5.99. The van der Waals surface area contributed by atoms with Crippen molar-refractivity contribution in [3.8, 4) is 0 Å². The minimum absolute atomic E-state index is 0.112. The lowest BCUT2D eigenvalue weighted by Crippen LogP contribution is -2.56. The van der Waals surface area contributed by atoms with Gasteiger partial charge in [0.25, 0.3) is 5.91 Å². The average molecular weight is 422 g/mol. The minimum atomic E-state index is -1.03. The molecule has 0 bridgehead atoms. The fourth-order valence-corrected chi connectivity index (χ4v) is 3.84. The maximum atomic E-state index is 13.3. The molecular formula is C23H27N5O3. The summed E-state index contributed by atoms with van der Waals surface area (Å²) in [7, 11) is 0. The number of hydrogen-bond donors (Lipinski definition) is 1. The van der Waals surface area contributed by atoms with Crippen molar-refractivity contribution in [2.75, 3.05) is 26.3 Å². The van der Waals surface area contributed by atoms with Crippen LogP contribution in [0.3, 0.4) is 0 Å². The second-order valence-electron chi connectivity index (χ2n) is 8.40. The van der Waals surface area contributed by atoms with E-state index in [-0.39, 0.29) is 17.7 Å². The molecule has 1 fully saturated rings. The van der Waals surface area contributed by atoms with Crippen molar-refractivity contribution in [2.45, 2.75) is 25.8 Å². The summed E-state index contributed by atoms with van der Waals surface area (Å²) in [5, 5.41) is 7.47. The molecule has 3 aromatic rings. The Bertz CT molecular complexity index is 1060. The molecule has 1 unspecified atom stereocenters. The molecule has 1 aliphatic heterocycles. The molecule has 0 saturated carbocycles. The molecule has 31 heavy (non-hydrogen) atoms. The maximum absolute atomic E-state index is 13.3. The Morgan fingerprint density at radius 3 is 2.81 bits per heavy atom. The summed E-state index contributed by atoms with van der Waals surface area (Å²) < 4.78 is 7.52. The summed E-state index contributed by atoms with van der Waals surface area (Å²) in [4.78, 5) is 31.9. The minimum Gasteiger partial charge on any atom is -0.379 e. The summed E-state index contributed by atoms with van der Waals surface area (Å²) in [6.45, 7) is 5.56. The number of hydrogen-bond acceptors (Lipinski definition) is 5. The van der Waals surface area contributed by atoms with Crippen LogP contribution in [0, 0.1) is 5.92 Å². The van der Waals surface area contributed by atoms with Crippen molar-refractivity contribution in [1.82, 2.24) is 24.8 Å². The summed E-state index contributed by atoms with van der Waals surface area (Å²) >= 11 is 0. The van der Waals surface area contributed by atoms with Crippen molar-refractivity contribution in [3.05, 3.63) is 66.1 Å². The Morgan fingerprint density at radius 1 is 1.19 bits per heavy atom. The molecule has 1 aromatic carbocycles. The monoisotopic (exact) mass is 421 g/mol. The third-order valence-electron chi connectivity index (χ3n) is 5.43. The van der Waals surface area contributed by atoms with Gasteiger partial charge in [-0.15, -0.1) is 0 Å². The molecule has 4 rings (SSSR count). The van der Waals surface area contributed by atoms with Gasteiger partial charge in [-0.1, -0.05) is 18.2 Å². The summed E-state index contributed by atoms with van der Waals surface area (Å²) in [5.74, 6) is -0.273. The molecule has 2 amide bonds. The van der Waals surface area contributed by atoms with Crippen LogP contribution in [0.25, 0.3) is 5.65 Å². The van der Waals surface area contributed by atoms with Gasteiger partial charge in [0.15, 0.2) is 5.65 Å². The molecule has 1 saturated heterocycles. The van der Waals surface area contributed by atoms with Crippen LogP contribution in [0.15, 0.2) is 54.9 Å². The van der Waals surface area contributed by atoms with Gasteiger partial charge >= 0.3 is 0 Å². The zero-order chi connectivity index (χ0) is 21.8. The van der Waals surface area contributed by atoms with Crippen LogP contribution in [0.1, 0.15) is 29.9 Å². The number of carbonyl (C=O) groups excluding carboxylic acids is 2. The third-order valence-corrected chi connectivity index (χ3v) is 5.43. The molecule has 162 valence electrons. The molecule has 8 nitrogen and oxygen atoms in total. The van der Waals surface area contributed by atoms with Gasteiger partial charge in [0.05, 0.1) is 18.9 Å². The quantitative estimate of drug-likeness (QED) is 0.680. The number of nitrogens with zero attached hydrogens (tertiary/aromatic N) is 4. The van der Waals surface area contributed by atoms with Gasteiger partial charge in [0.1, 0.15) is 5.54 Å². The number of amides is 2. The van der Waals surface area contributed by atoms with Crippen LogP contribution >= 0.6 is 0 Å². The SMILES string of the molecule is CC(C)(NC(=O)c1ccccc1)C(=O)N1CCOCC(Cc2ccc3nccn3n2)C1. The lowest BCUT2D eigenvalue weighted by molar-refractivity contribution is -0.137. The van der Waals surface area contributed by atoms with E-state index in [1.807, 2.05) is 24.4 Å². The van der Waals surface area contributed by atoms with Gasteiger partial charge < -0.3 is 15.0 Å². The van der Waals surface area contributed by atoms with Crippen LogP contribution in [-0.4, -0.2) is 63.2 Å². The summed E-state index contributed by atoms with van der Waals surface area (Å²) in [6.07, 6.45) is 4.22. The van der Waals surface area contributed by atoms with E-state index in [0.29, 0.717) is 38.3 Å². The van der Waals surface area contributed by atoms with Crippen LogP contribution in [0.4, 0.5) is 0 Å². The standard InChI is InChI=1S/C23H27N5O3/c1-23(2,25-21(29)18-6-4-3-5-7-18)22(30)27-12-13-31-16-17(15-27)14-19-8-9-20-24-10-11-28(20)26-19/h3-11,17H,12-16H2,1-2H3,(H,25,29). The van der Waals surface area contributed by atoms with Gasteiger partial charge in [-0.2, -0.15) is 5.10 Å².